The number of anilines is 1. The van der Waals surface area contributed by atoms with E-state index < -0.39 is 35.2 Å². The van der Waals surface area contributed by atoms with Crippen LogP contribution in [0.15, 0.2) is 59.5 Å². The molecule has 0 bridgehead atoms. The van der Waals surface area contributed by atoms with Crippen LogP contribution in [0.1, 0.15) is 27.6 Å². The van der Waals surface area contributed by atoms with Crippen LogP contribution in [0.25, 0.3) is 5.76 Å². The minimum Gasteiger partial charge on any atom is -0.507 e. The van der Waals surface area contributed by atoms with E-state index in [1.807, 2.05) is 0 Å². The highest BCUT2D eigenvalue weighted by Gasteiger charge is 2.48. The van der Waals surface area contributed by atoms with Gasteiger partial charge in [-0.15, -0.1) is 11.3 Å². The van der Waals surface area contributed by atoms with Crippen molar-refractivity contribution in [1.29, 1.82) is 0 Å². The Bertz CT molecular complexity index is 1360. The van der Waals surface area contributed by atoms with Crippen LogP contribution in [0.2, 0.25) is 0 Å². The SMILES string of the molecule is Cc1ccsc1C1/C(=C(/O)c2ccc3c(c2)OCCO3)C(=O)C(=O)N1c1ccc(C(F)(F)F)cc1. The summed E-state index contributed by atoms with van der Waals surface area (Å²) >= 11 is 1.28. The van der Waals surface area contributed by atoms with E-state index in [1.165, 1.54) is 17.4 Å². The first-order chi connectivity index (χ1) is 16.7. The Morgan fingerprint density at radius 2 is 1.71 bits per heavy atom. The lowest BCUT2D eigenvalue weighted by atomic mass is 9.98. The first-order valence-corrected chi connectivity index (χ1v) is 11.5. The van der Waals surface area contributed by atoms with Gasteiger partial charge in [0, 0.05) is 16.1 Å². The lowest BCUT2D eigenvalue weighted by Crippen LogP contribution is -2.29. The van der Waals surface area contributed by atoms with Crippen molar-refractivity contribution in [2.75, 3.05) is 18.1 Å². The number of aryl methyl sites for hydroxylation is 1. The standard InChI is InChI=1S/C25H18F3NO5S/c1-13-8-11-35-23(13)20-19(21(30)14-2-7-17-18(12-14)34-10-9-33-17)22(31)24(32)29(20)16-5-3-15(4-6-16)25(26,27)28/h2-8,11-12,20,30H,9-10H2,1H3/b21-19-. The molecular formula is C25H18F3NO5S. The fraction of sp³-hybridized carbons (Fsp3) is 0.200. The number of ketones is 1. The number of alkyl halides is 3. The van der Waals surface area contributed by atoms with Gasteiger partial charge in [0.25, 0.3) is 11.7 Å². The molecule has 180 valence electrons. The number of nitrogens with zero attached hydrogens (tertiary/aromatic N) is 1. The maximum Gasteiger partial charge on any atom is 0.416 e. The molecule has 1 atom stereocenters. The van der Waals surface area contributed by atoms with E-state index >= 15 is 0 Å². The molecule has 35 heavy (non-hydrogen) atoms. The molecule has 1 aromatic heterocycles. The van der Waals surface area contributed by atoms with Crippen LogP contribution in [-0.2, 0) is 15.8 Å². The molecule has 0 saturated carbocycles. The number of hydrogen-bond donors (Lipinski definition) is 1. The molecule has 3 aromatic rings. The Morgan fingerprint density at radius 3 is 2.34 bits per heavy atom. The molecule has 2 aromatic carbocycles. The van der Waals surface area contributed by atoms with Gasteiger partial charge < -0.3 is 14.6 Å². The molecule has 0 aliphatic carbocycles. The highest BCUT2D eigenvalue weighted by atomic mass is 32.1. The van der Waals surface area contributed by atoms with Crippen LogP contribution in [0.5, 0.6) is 11.5 Å². The minimum absolute atomic E-state index is 0.110. The molecule has 5 rings (SSSR count). The van der Waals surface area contributed by atoms with Gasteiger partial charge in [0.15, 0.2) is 11.5 Å². The number of hydrogen-bond acceptors (Lipinski definition) is 6. The number of rotatable bonds is 3. The van der Waals surface area contributed by atoms with E-state index in [0.717, 1.165) is 34.7 Å². The van der Waals surface area contributed by atoms with Crippen molar-refractivity contribution >= 4 is 34.5 Å². The number of benzene rings is 2. The number of Topliss-reactive ketones (excluding diaryl/α,β-unsaturated/α-hetero) is 1. The predicted octanol–water partition coefficient (Wildman–Crippen LogP) is 5.47. The third-order valence-corrected chi connectivity index (χ3v) is 6.95. The topological polar surface area (TPSA) is 76.1 Å². The van der Waals surface area contributed by atoms with E-state index in [2.05, 4.69) is 0 Å². The monoisotopic (exact) mass is 501 g/mol. The highest BCUT2D eigenvalue weighted by Crippen LogP contribution is 2.46. The van der Waals surface area contributed by atoms with E-state index in [1.54, 1.807) is 30.5 Å². The van der Waals surface area contributed by atoms with Crippen LogP contribution >= 0.6 is 11.3 Å². The highest BCUT2D eigenvalue weighted by molar-refractivity contribution is 7.10. The minimum atomic E-state index is -4.55. The number of thiophene rings is 1. The van der Waals surface area contributed by atoms with Crippen molar-refractivity contribution in [3.8, 4) is 11.5 Å². The average Bonchev–Trinajstić information content (AvgIpc) is 3.38. The number of halogens is 3. The van der Waals surface area contributed by atoms with Gasteiger partial charge in [-0.1, -0.05) is 0 Å². The number of carbonyl (C=O) groups is 2. The first-order valence-electron chi connectivity index (χ1n) is 10.6. The van der Waals surface area contributed by atoms with E-state index in [0.29, 0.717) is 29.6 Å². The summed E-state index contributed by atoms with van der Waals surface area (Å²) in [4.78, 5) is 28.1. The predicted molar refractivity (Wildman–Crippen MR) is 123 cm³/mol. The zero-order valence-electron chi connectivity index (χ0n) is 18.3. The summed E-state index contributed by atoms with van der Waals surface area (Å²) in [6.07, 6.45) is -4.55. The third-order valence-electron chi connectivity index (χ3n) is 5.88. The molecule has 0 radical (unpaired) electrons. The fourth-order valence-corrected chi connectivity index (χ4v) is 5.19. The largest absolute Gasteiger partial charge is 0.507 e. The Morgan fingerprint density at radius 1 is 1.03 bits per heavy atom. The van der Waals surface area contributed by atoms with Gasteiger partial charge in [0.1, 0.15) is 25.0 Å². The summed E-state index contributed by atoms with van der Waals surface area (Å²) in [7, 11) is 0. The van der Waals surface area contributed by atoms with Crippen molar-refractivity contribution in [3.05, 3.63) is 81.1 Å². The molecule has 6 nitrogen and oxygen atoms in total. The van der Waals surface area contributed by atoms with E-state index in [4.69, 9.17) is 9.47 Å². The molecular weight excluding hydrogens is 483 g/mol. The lowest BCUT2D eigenvalue weighted by Gasteiger charge is -2.25. The molecule has 2 aliphatic rings. The zero-order valence-corrected chi connectivity index (χ0v) is 19.1. The van der Waals surface area contributed by atoms with Crippen molar-refractivity contribution in [2.24, 2.45) is 0 Å². The molecule has 0 spiro atoms. The molecule has 1 saturated heterocycles. The molecule has 10 heteroatoms. The van der Waals surface area contributed by atoms with Gasteiger partial charge >= 0.3 is 6.18 Å². The Hall–Kier alpha value is -3.79. The number of carbonyl (C=O) groups excluding carboxylic acids is 2. The Kier molecular flexibility index (Phi) is 5.55. The second kappa shape index (κ2) is 8.46. The first kappa shape index (κ1) is 23.0. The number of ether oxygens (including phenoxy) is 2. The van der Waals surface area contributed by atoms with E-state index in [9.17, 15) is 27.9 Å². The number of fused-ring (bicyclic) bond motifs is 1. The number of aliphatic hydroxyl groups is 1. The van der Waals surface area contributed by atoms with Gasteiger partial charge in [-0.3, -0.25) is 14.5 Å². The summed E-state index contributed by atoms with van der Waals surface area (Å²) in [5.41, 5.74) is 0.0972. The lowest BCUT2D eigenvalue weighted by molar-refractivity contribution is -0.137. The van der Waals surface area contributed by atoms with Crippen LogP contribution in [0, 0.1) is 6.92 Å². The quantitative estimate of drug-likeness (QED) is 0.293. The smallest absolute Gasteiger partial charge is 0.416 e. The number of amides is 1. The Balaban J connectivity index is 1.66. The molecule has 1 unspecified atom stereocenters. The fourth-order valence-electron chi connectivity index (χ4n) is 4.17. The molecule has 1 amide bonds. The summed E-state index contributed by atoms with van der Waals surface area (Å²) in [5.74, 6) is -1.41. The van der Waals surface area contributed by atoms with Gasteiger partial charge in [-0.05, 0) is 66.4 Å². The molecule has 1 N–H and O–H groups in total. The third kappa shape index (κ3) is 3.93. The second-order valence-electron chi connectivity index (χ2n) is 8.04. The van der Waals surface area contributed by atoms with Gasteiger partial charge in [0.2, 0.25) is 0 Å². The van der Waals surface area contributed by atoms with Crippen LogP contribution in [0.3, 0.4) is 0 Å². The average molecular weight is 501 g/mol. The van der Waals surface area contributed by atoms with Crippen LogP contribution in [0.4, 0.5) is 18.9 Å². The van der Waals surface area contributed by atoms with Crippen LogP contribution < -0.4 is 14.4 Å². The van der Waals surface area contributed by atoms with Crippen molar-refractivity contribution in [2.45, 2.75) is 19.1 Å². The molecule has 1 fully saturated rings. The normalized spacial score (nSPS) is 19.3. The maximum atomic E-state index is 13.2. The van der Waals surface area contributed by atoms with Crippen molar-refractivity contribution in [1.82, 2.24) is 0 Å². The summed E-state index contributed by atoms with van der Waals surface area (Å²) in [5, 5.41) is 13.0. The van der Waals surface area contributed by atoms with Gasteiger partial charge in [0.05, 0.1) is 11.1 Å². The van der Waals surface area contributed by atoms with Crippen LogP contribution in [-0.4, -0.2) is 30.0 Å². The molecule has 3 heterocycles. The maximum absolute atomic E-state index is 13.2. The number of aliphatic hydroxyl groups excluding tert-OH is 1. The molecule has 2 aliphatic heterocycles. The summed E-state index contributed by atoms with van der Waals surface area (Å²) in [6.45, 7) is 2.50. The van der Waals surface area contributed by atoms with Crippen molar-refractivity contribution in [3.63, 3.8) is 0 Å². The second-order valence-corrected chi connectivity index (χ2v) is 8.99. The Labute approximate surface area is 201 Å². The van der Waals surface area contributed by atoms with Gasteiger partial charge in [-0.2, -0.15) is 13.2 Å². The van der Waals surface area contributed by atoms with E-state index in [-0.39, 0.29) is 16.8 Å². The summed E-state index contributed by atoms with van der Waals surface area (Å²) < 4.78 is 50.3. The van der Waals surface area contributed by atoms with Crippen molar-refractivity contribution < 1.29 is 37.3 Å². The zero-order chi connectivity index (χ0) is 24.9. The summed E-state index contributed by atoms with van der Waals surface area (Å²) in [6, 6.07) is 9.46. The van der Waals surface area contributed by atoms with Gasteiger partial charge in [-0.25, -0.2) is 0 Å².